The molecule has 34 heavy (non-hydrogen) atoms. The molecule has 3 aromatic carbocycles. The minimum Gasteiger partial charge on any atom is -0.464 e. The first-order valence-corrected chi connectivity index (χ1v) is 11.9. The Balaban J connectivity index is 1.33. The van der Waals surface area contributed by atoms with E-state index in [4.69, 9.17) is 9.15 Å². The SMILES string of the molecule is CN(C)CCCC1(c2ccc(F)cc2)OCc2cc(CNCc3coc4ccccc34)ccc21. The summed E-state index contributed by atoms with van der Waals surface area (Å²) in [4.78, 5) is 2.19. The van der Waals surface area contributed by atoms with Gasteiger partial charge in [0.2, 0.25) is 0 Å². The fraction of sp³-hybridized carbons (Fsp3) is 0.310. The maximum Gasteiger partial charge on any atom is 0.134 e. The first-order valence-electron chi connectivity index (χ1n) is 11.9. The van der Waals surface area contributed by atoms with Crippen molar-refractivity contribution in [2.24, 2.45) is 0 Å². The molecule has 5 heteroatoms. The molecule has 0 saturated carbocycles. The highest BCUT2D eigenvalue weighted by Crippen LogP contribution is 2.45. The molecule has 0 fully saturated rings. The van der Waals surface area contributed by atoms with Crippen LogP contribution in [0.2, 0.25) is 0 Å². The van der Waals surface area contributed by atoms with Crippen molar-refractivity contribution < 1.29 is 13.5 Å². The quantitative estimate of drug-likeness (QED) is 0.335. The normalized spacial score (nSPS) is 17.5. The topological polar surface area (TPSA) is 37.6 Å². The van der Waals surface area contributed by atoms with Gasteiger partial charge in [0.1, 0.15) is 17.0 Å². The van der Waals surface area contributed by atoms with Gasteiger partial charge in [0.25, 0.3) is 0 Å². The third-order valence-corrected chi connectivity index (χ3v) is 6.73. The van der Waals surface area contributed by atoms with Crippen LogP contribution in [0.5, 0.6) is 0 Å². The molecule has 1 aromatic heterocycles. The Morgan fingerprint density at radius 2 is 1.82 bits per heavy atom. The minimum atomic E-state index is -0.527. The fourth-order valence-corrected chi connectivity index (χ4v) is 5.01. The molecule has 0 saturated heterocycles. The molecule has 4 nitrogen and oxygen atoms in total. The summed E-state index contributed by atoms with van der Waals surface area (Å²) < 4.78 is 25.8. The maximum atomic E-state index is 13.7. The second kappa shape index (κ2) is 9.71. The van der Waals surface area contributed by atoms with Crippen LogP contribution in [0.3, 0.4) is 0 Å². The van der Waals surface area contributed by atoms with Crippen molar-refractivity contribution >= 4 is 11.0 Å². The molecule has 0 bridgehead atoms. The van der Waals surface area contributed by atoms with Gasteiger partial charge in [-0.2, -0.15) is 0 Å². The highest BCUT2D eigenvalue weighted by Gasteiger charge is 2.41. The molecule has 0 spiro atoms. The number of furan rings is 1. The van der Waals surface area contributed by atoms with E-state index in [0.29, 0.717) is 6.61 Å². The summed E-state index contributed by atoms with van der Waals surface area (Å²) in [6.45, 7) is 3.05. The second-order valence-corrected chi connectivity index (χ2v) is 9.38. The van der Waals surface area contributed by atoms with Crippen molar-refractivity contribution in [3.63, 3.8) is 0 Å². The van der Waals surface area contributed by atoms with Crippen molar-refractivity contribution in [1.82, 2.24) is 10.2 Å². The molecule has 1 unspecified atom stereocenters. The molecule has 1 N–H and O–H groups in total. The standard InChI is InChI=1S/C29H31FN2O2/c1-32(2)15-5-14-29(24-9-11-25(30)12-10-24)27-13-8-21(16-22(27)20-34-29)17-31-18-23-19-33-28-7-4-3-6-26(23)28/h3-4,6-13,16,19,31H,5,14-15,17-18,20H2,1-2H3. The van der Waals surface area contributed by atoms with Gasteiger partial charge in [0.15, 0.2) is 0 Å². The van der Waals surface area contributed by atoms with Crippen LogP contribution in [0.4, 0.5) is 4.39 Å². The average molecular weight is 459 g/mol. The second-order valence-electron chi connectivity index (χ2n) is 9.38. The zero-order valence-corrected chi connectivity index (χ0v) is 19.8. The van der Waals surface area contributed by atoms with Crippen molar-refractivity contribution in [1.29, 1.82) is 0 Å². The number of benzene rings is 3. The lowest BCUT2D eigenvalue weighted by molar-refractivity contribution is -0.0140. The maximum absolute atomic E-state index is 13.7. The first-order chi connectivity index (χ1) is 16.5. The van der Waals surface area contributed by atoms with Gasteiger partial charge in [-0.1, -0.05) is 48.5 Å². The summed E-state index contributed by atoms with van der Waals surface area (Å²) in [7, 11) is 4.17. The van der Waals surface area contributed by atoms with Crippen molar-refractivity contribution in [2.75, 3.05) is 20.6 Å². The number of fused-ring (bicyclic) bond motifs is 2. The van der Waals surface area contributed by atoms with Crippen LogP contribution < -0.4 is 5.32 Å². The predicted octanol–water partition coefficient (Wildman–Crippen LogP) is 5.98. The van der Waals surface area contributed by atoms with Gasteiger partial charge in [-0.05, 0) is 73.9 Å². The van der Waals surface area contributed by atoms with E-state index >= 15 is 0 Å². The van der Waals surface area contributed by atoms with Crippen molar-refractivity contribution in [3.05, 3.63) is 107 Å². The van der Waals surface area contributed by atoms with Gasteiger partial charge >= 0.3 is 0 Å². The lowest BCUT2D eigenvalue weighted by Crippen LogP contribution is -2.28. The Labute approximate surface area is 200 Å². The number of nitrogens with one attached hydrogen (secondary N) is 1. The van der Waals surface area contributed by atoms with E-state index < -0.39 is 5.60 Å². The van der Waals surface area contributed by atoms with Crippen LogP contribution in [0.1, 0.15) is 40.7 Å². The predicted molar refractivity (Wildman–Crippen MR) is 133 cm³/mol. The lowest BCUT2D eigenvalue weighted by Gasteiger charge is -2.31. The molecule has 2 heterocycles. The Bertz CT molecular complexity index is 1260. The third kappa shape index (κ3) is 4.51. The highest BCUT2D eigenvalue weighted by molar-refractivity contribution is 5.80. The average Bonchev–Trinajstić information content (AvgIpc) is 3.42. The van der Waals surface area contributed by atoms with Crippen LogP contribution in [-0.2, 0) is 30.0 Å². The number of ether oxygens (including phenoxy) is 1. The molecule has 1 atom stereocenters. The summed E-state index contributed by atoms with van der Waals surface area (Å²) >= 11 is 0. The van der Waals surface area contributed by atoms with Crippen LogP contribution in [0, 0.1) is 5.82 Å². The van der Waals surface area contributed by atoms with Crippen LogP contribution in [0.15, 0.2) is 77.4 Å². The zero-order chi connectivity index (χ0) is 23.5. The Morgan fingerprint density at radius 1 is 1.00 bits per heavy atom. The van der Waals surface area contributed by atoms with E-state index in [1.165, 1.54) is 28.8 Å². The van der Waals surface area contributed by atoms with E-state index in [9.17, 15) is 4.39 Å². The monoisotopic (exact) mass is 458 g/mol. The Kier molecular flexibility index (Phi) is 6.50. The lowest BCUT2D eigenvalue weighted by atomic mass is 9.81. The molecular weight excluding hydrogens is 427 g/mol. The van der Waals surface area contributed by atoms with Gasteiger partial charge in [0.05, 0.1) is 12.9 Å². The summed E-state index contributed by atoms with van der Waals surface area (Å²) in [6, 6.07) is 21.5. The number of halogens is 1. The molecule has 0 amide bonds. The smallest absolute Gasteiger partial charge is 0.134 e. The Morgan fingerprint density at radius 3 is 2.65 bits per heavy atom. The molecular formula is C29H31FN2O2. The molecule has 5 rings (SSSR count). The van der Waals surface area contributed by atoms with Crippen molar-refractivity contribution in [2.45, 2.75) is 38.1 Å². The van der Waals surface area contributed by atoms with Crippen molar-refractivity contribution in [3.8, 4) is 0 Å². The number of hydrogen-bond acceptors (Lipinski definition) is 4. The van der Waals surface area contributed by atoms with Gasteiger partial charge in [-0.3, -0.25) is 0 Å². The van der Waals surface area contributed by atoms with Crippen LogP contribution >= 0.6 is 0 Å². The minimum absolute atomic E-state index is 0.225. The number of hydrogen-bond donors (Lipinski definition) is 1. The van der Waals surface area contributed by atoms with Gasteiger partial charge < -0.3 is 19.4 Å². The molecule has 0 aliphatic carbocycles. The number of nitrogens with zero attached hydrogens (tertiary/aromatic N) is 1. The zero-order valence-electron chi connectivity index (χ0n) is 19.8. The van der Waals surface area contributed by atoms with Crippen LogP contribution in [-0.4, -0.2) is 25.5 Å². The summed E-state index contributed by atoms with van der Waals surface area (Å²) in [5.41, 5.74) is 6.20. The molecule has 1 aliphatic rings. The molecule has 1 aliphatic heterocycles. The third-order valence-electron chi connectivity index (χ3n) is 6.73. The van der Waals surface area contributed by atoms with E-state index in [1.54, 1.807) is 0 Å². The fourth-order valence-electron chi connectivity index (χ4n) is 5.01. The summed E-state index contributed by atoms with van der Waals surface area (Å²) in [5.74, 6) is -0.225. The highest BCUT2D eigenvalue weighted by atomic mass is 19.1. The van der Waals surface area contributed by atoms with Gasteiger partial charge in [0, 0.05) is 24.0 Å². The van der Waals surface area contributed by atoms with Crippen LogP contribution in [0.25, 0.3) is 11.0 Å². The van der Waals surface area contributed by atoms with E-state index in [-0.39, 0.29) is 5.82 Å². The number of para-hydroxylation sites is 1. The summed E-state index contributed by atoms with van der Waals surface area (Å²) in [6.07, 6.45) is 3.68. The van der Waals surface area contributed by atoms with E-state index in [0.717, 1.165) is 54.6 Å². The molecule has 4 aromatic rings. The summed E-state index contributed by atoms with van der Waals surface area (Å²) in [5, 5.41) is 4.70. The molecule has 0 radical (unpaired) electrons. The van der Waals surface area contributed by atoms with E-state index in [1.807, 2.05) is 36.6 Å². The van der Waals surface area contributed by atoms with Gasteiger partial charge in [-0.25, -0.2) is 4.39 Å². The molecule has 176 valence electrons. The first kappa shape index (κ1) is 22.8. The largest absolute Gasteiger partial charge is 0.464 e. The van der Waals surface area contributed by atoms with Gasteiger partial charge in [-0.15, -0.1) is 0 Å². The van der Waals surface area contributed by atoms with E-state index in [2.05, 4.69) is 48.6 Å². The Hall–Kier alpha value is -2.99. The number of rotatable bonds is 9.